The maximum atomic E-state index is 4.41. The van der Waals surface area contributed by atoms with Gasteiger partial charge in [-0.05, 0) is 36.1 Å². The van der Waals surface area contributed by atoms with Crippen LogP contribution in [0.4, 0.5) is 0 Å². The van der Waals surface area contributed by atoms with Crippen molar-refractivity contribution in [1.29, 1.82) is 0 Å². The molecule has 0 radical (unpaired) electrons. The van der Waals surface area contributed by atoms with Crippen LogP contribution < -0.4 is 10.6 Å². The summed E-state index contributed by atoms with van der Waals surface area (Å²) in [5.41, 5.74) is 3.47. The minimum Gasteiger partial charge on any atom is -0.352 e. The molecule has 3 aromatic rings. The molecular formula is C18H21N5S. The first-order chi connectivity index (χ1) is 11.8. The molecule has 3 rings (SSSR count). The topological polar surface area (TPSA) is 54.2 Å². The molecule has 24 heavy (non-hydrogen) atoms. The second-order valence-electron chi connectivity index (χ2n) is 5.43. The van der Waals surface area contributed by atoms with Crippen molar-refractivity contribution in [3.05, 3.63) is 70.2 Å². The van der Waals surface area contributed by atoms with Crippen LogP contribution in [0, 0.1) is 6.92 Å². The quantitative estimate of drug-likeness (QED) is 0.555. The van der Waals surface area contributed by atoms with Gasteiger partial charge in [-0.25, -0.2) is 4.68 Å². The van der Waals surface area contributed by atoms with E-state index in [0.29, 0.717) is 6.54 Å². The summed E-state index contributed by atoms with van der Waals surface area (Å²) in [6.45, 7) is 3.59. The lowest BCUT2D eigenvalue weighted by Crippen LogP contribution is -2.36. The van der Waals surface area contributed by atoms with Gasteiger partial charge in [0.05, 0.1) is 18.4 Å². The first kappa shape index (κ1) is 16.3. The van der Waals surface area contributed by atoms with Crippen LogP contribution in [0.1, 0.15) is 16.0 Å². The van der Waals surface area contributed by atoms with Crippen molar-refractivity contribution in [2.75, 3.05) is 7.05 Å². The van der Waals surface area contributed by atoms with E-state index in [0.717, 1.165) is 23.8 Å². The van der Waals surface area contributed by atoms with Crippen molar-refractivity contribution in [3.8, 4) is 5.69 Å². The van der Waals surface area contributed by atoms with E-state index in [2.05, 4.69) is 39.1 Å². The van der Waals surface area contributed by atoms with Crippen molar-refractivity contribution in [2.24, 2.45) is 4.99 Å². The van der Waals surface area contributed by atoms with Crippen LogP contribution in [-0.4, -0.2) is 22.8 Å². The molecule has 2 aromatic heterocycles. The molecule has 0 fully saturated rings. The average molecular weight is 339 g/mol. The zero-order valence-corrected chi connectivity index (χ0v) is 14.7. The number of aryl methyl sites for hydroxylation is 1. The Balaban J connectivity index is 1.54. The van der Waals surface area contributed by atoms with Crippen LogP contribution >= 0.6 is 11.3 Å². The molecule has 124 valence electrons. The molecule has 0 saturated carbocycles. The van der Waals surface area contributed by atoms with Gasteiger partial charge in [-0.3, -0.25) is 4.99 Å². The summed E-state index contributed by atoms with van der Waals surface area (Å²) in [5, 5.41) is 13.2. The van der Waals surface area contributed by atoms with Crippen LogP contribution in [0.15, 0.2) is 59.2 Å². The van der Waals surface area contributed by atoms with Gasteiger partial charge in [0, 0.05) is 30.2 Å². The third kappa shape index (κ3) is 4.02. The molecule has 5 nitrogen and oxygen atoms in total. The number of aliphatic imine (C=N–C) groups is 1. The fourth-order valence-corrected chi connectivity index (χ4v) is 3.17. The Morgan fingerprint density at radius 1 is 1.17 bits per heavy atom. The highest BCUT2D eigenvalue weighted by molar-refractivity contribution is 7.10. The average Bonchev–Trinajstić information content (AvgIpc) is 3.25. The van der Waals surface area contributed by atoms with Crippen LogP contribution in [0.3, 0.4) is 0 Å². The summed E-state index contributed by atoms with van der Waals surface area (Å²) in [4.78, 5) is 5.60. The van der Waals surface area contributed by atoms with Crippen molar-refractivity contribution >= 4 is 17.3 Å². The molecule has 2 N–H and O–H groups in total. The Bertz CT molecular complexity index is 804. The lowest BCUT2D eigenvalue weighted by atomic mass is 10.3. The monoisotopic (exact) mass is 339 g/mol. The first-order valence-corrected chi connectivity index (χ1v) is 8.70. The van der Waals surface area contributed by atoms with E-state index in [9.17, 15) is 0 Å². The Morgan fingerprint density at radius 2 is 1.96 bits per heavy atom. The van der Waals surface area contributed by atoms with Crippen LogP contribution in [0.2, 0.25) is 0 Å². The normalized spacial score (nSPS) is 11.5. The van der Waals surface area contributed by atoms with Gasteiger partial charge in [-0.2, -0.15) is 5.10 Å². The smallest absolute Gasteiger partial charge is 0.191 e. The number of benzene rings is 1. The van der Waals surface area contributed by atoms with E-state index in [4.69, 9.17) is 0 Å². The number of thiophene rings is 1. The summed E-state index contributed by atoms with van der Waals surface area (Å²) in [6, 6.07) is 12.2. The number of hydrogen-bond donors (Lipinski definition) is 2. The maximum absolute atomic E-state index is 4.41. The SMILES string of the molecule is CN=C(NCc1cnn(-c2ccccc2)c1)NCc1sccc1C. The van der Waals surface area contributed by atoms with Crippen LogP contribution in [-0.2, 0) is 13.1 Å². The number of para-hydroxylation sites is 1. The highest BCUT2D eigenvalue weighted by atomic mass is 32.1. The van der Waals surface area contributed by atoms with Crippen molar-refractivity contribution in [1.82, 2.24) is 20.4 Å². The van der Waals surface area contributed by atoms with Gasteiger partial charge in [-0.15, -0.1) is 11.3 Å². The molecule has 0 atom stereocenters. The maximum Gasteiger partial charge on any atom is 0.191 e. The molecule has 0 spiro atoms. The third-order valence-corrected chi connectivity index (χ3v) is 4.75. The Labute approximate surface area is 146 Å². The molecule has 2 heterocycles. The molecule has 0 bridgehead atoms. The second kappa shape index (κ2) is 7.79. The van der Waals surface area contributed by atoms with E-state index in [1.807, 2.05) is 47.4 Å². The van der Waals surface area contributed by atoms with Gasteiger partial charge < -0.3 is 10.6 Å². The summed E-state index contributed by atoms with van der Waals surface area (Å²) in [7, 11) is 1.78. The second-order valence-corrected chi connectivity index (χ2v) is 6.44. The Kier molecular flexibility index (Phi) is 5.28. The fraction of sp³-hybridized carbons (Fsp3) is 0.222. The minimum absolute atomic E-state index is 0.677. The van der Waals surface area contributed by atoms with Gasteiger partial charge in [-0.1, -0.05) is 18.2 Å². The predicted octanol–water partition coefficient (Wildman–Crippen LogP) is 3.11. The largest absolute Gasteiger partial charge is 0.352 e. The van der Waals surface area contributed by atoms with E-state index in [1.165, 1.54) is 10.4 Å². The molecular weight excluding hydrogens is 318 g/mol. The molecule has 0 aliphatic heterocycles. The van der Waals surface area contributed by atoms with Crippen LogP contribution in [0.25, 0.3) is 5.69 Å². The van der Waals surface area contributed by atoms with Gasteiger partial charge in [0.2, 0.25) is 0 Å². The summed E-state index contributed by atoms with van der Waals surface area (Å²) >= 11 is 1.76. The summed E-state index contributed by atoms with van der Waals surface area (Å²) in [5.74, 6) is 0.787. The number of guanidine groups is 1. The van der Waals surface area contributed by atoms with Crippen molar-refractivity contribution in [3.63, 3.8) is 0 Å². The summed E-state index contributed by atoms with van der Waals surface area (Å²) in [6.07, 6.45) is 3.90. The Hall–Kier alpha value is -2.60. The van der Waals surface area contributed by atoms with Gasteiger partial charge in [0.25, 0.3) is 0 Å². The molecule has 0 unspecified atom stereocenters. The highest BCUT2D eigenvalue weighted by Gasteiger charge is 2.04. The van der Waals surface area contributed by atoms with Gasteiger partial charge in [0.15, 0.2) is 5.96 Å². The minimum atomic E-state index is 0.677. The van der Waals surface area contributed by atoms with E-state index in [-0.39, 0.29) is 0 Å². The van der Waals surface area contributed by atoms with Crippen molar-refractivity contribution in [2.45, 2.75) is 20.0 Å². The molecule has 0 saturated heterocycles. The lowest BCUT2D eigenvalue weighted by Gasteiger charge is -2.10. The number of aromatic nitrogens is 2. The highest BCUT2D eigenvalue weighted by Crippen LogP contribution is 2.14. The van der Waals surface area contributed by atoms with Gasteiger partial charge in [0.1, 0.15) is 0 Å². The summed E-state index contributed by atoms with van der Waals surface area (Å²) < 4.78 is 1.88. The number of rotatable bonds is 5. The van der Waals surface area contributed by atoms with Gasteiger partial charge >= 0.3 is 0 Å². The van der Waals surface area contributed by atoms with Crippen LogP contribution in [0.5, 0.6) is 0 Å². The molecule has 0 aliphatic rings. The predicted molar refractivity (Wildman–Crippen MR) is 99.7 cm³/mol. The van der Waals surface area contributed by atoms with Crippen molar-refractivity contribution < 1.29 is 0 Å². The fourth-order valence-electron chi connectivity index (χ4n) is 2.33. The van der Waals surface area contributed by atoms with E-state index >= 15 is 0 Å². The zero-order chi connectivity index (χ0) is 16.8. The molecule has 6 heteroatoms. The van der Waals surface area contributed by atoms with E-state index < -0.39 is 0 Å². The third-order valence-electron chi connectivity index (χ3n) is 3.72. The number of nitrogens with one attached hydrogen (secondary N) is 2. The lowest BCUT2D eigenvalue weighted by molar-refractivity contribution is 0.812. The molecule has 0 amide bonds. The molecule has 1 aromatic carbocycles. The molecule has 0 aliphatic carbocycles. The number of hydrogen-bond acceptors (Lipinski definition) is 3. The number of nitrogens with zero attached hydrogens (tertiary/aromatic N) is 3. The van der Waals surface area contributed by atoms with E-state index in [1.54, 1.807) is 18.4 Å². The Morgan fingerprint density at radius 3 is 2.67 bits per heavy atom. The standard InChI is InChI=1S/C18H21N5S/c1-14-8-9-24-17(14)12-21-18(19-2)20-10-15-11-22-23(13-15)16-6-4-3-5-7-16/h3-9,11,13H,10,12H2,1-2H3,(H2,19,20,21). The first-order valence-electron chi connectivity index (χ1n) is 7.82. The zero-order valence-electron chi connectivity index (χ0n) is 13.9.